The molecule has 0 heterocycles. The third-order valence-electron chi connectivity index (χ3n) is 5.81. The molecule has 3 N–H and O–H groups in total. The molecule has 188 valence electrons. The van der Waals surface area contributed by atoms with Crippen LogP contribution in [0.25, 0.3) is 0 Å². The van der Waals surface area contributed by atoms with Crippen LogP contribution in [0.3, 0.4) is 0 Å². The van der Waals surface area contributed by atoms with E-state index in [1.54, 1.807) is 0 Å². The van der Waals surface area contributed by atoms with Gasteiger partial charge >= 0.3 is 0 Å². The molecule has 0 spiro atoms. The van der Waals surface area contributed by atoms with Crippen LogP contribution in [0, 0.1) is 0 Å². The van der Waals surface area contributed by atoms with Gasteiger partial charge in [-0.05, 0) is 34.4 Å². The second-order valence-electron chi connectivity index (χ2n) is 8.72. The molecule has 4 aromatic rings. The van der Waals surface area contributed by atoms with Crippen LogP contribution in [0.5, 0.6) is 11.5 Å². The van der Waals surface area contributed by atoms with Gasteiger partial charge in [0.05, 0.1) is 6.42 Å². The standard InChI is InChI=1S/C31H30N2O4/c32-31(35)27(33-30(34)20-23-10-4-1-5-11-23)18-26-16-17-28(36-21-24-12-6-2-7-13-24)29(19-26)37-22-25-14-8-3-9-15-25/h1-17,19,27H,18,20-22H2,(H2,32,35)(H,33,34)/t27-/m0/s1. The fourth-order valence-electron chi connectivity index (χ4n) is 3.87. The highest BCUT2D eigenvalue weighted by atomic mass is 16.5. The van der Waals surface area contributed by atoms with Crippen molar-refractivity contribution in [1.29, 1.82) is 0 Å². The molecule has 0 saturated heterocycles. The second-order valence-corrected chi connectivity index (χ2v) is 8.72. The van der Waals surface area contributed by atoms with Crippen LogP contribution in [0.4, 0.5) is 0 Å². The summed E-state index contributed by atoms with van der Waals surface area (Å²) in [5.74, 6) is 0.277. The van der Waals surface area contributed by atoms with E-state index in [2.05, 4.69) is 5.32 Å². The predicted octanol–water partition coefficient (Wildman–Crippen LogP) is 4.60. The van der Waals surface area contributed by atoms with Gasteiger partial charge in [-0.15, -0.1) is 0 Å². The minimum Gasteiger partial charge on any atom is -0.485 e. The number of nitrogens with one attached hydrogen (secondary N) is 1. The molecular weight excluding hydrogens is 464 g/mol. The van der Waals surface area contributed by atoms with Crippen molar-refractivity contribution < 1.29 is 19.1 Å². The molecule has 6 nitrogen and oxygen atoms in total. The van der Waals surface area contributed by atoms with E-state index in [9.17, 15) is 9.59 Å². The lowest BCUT2D eigenvalue weighted by molar-refractivity contribution is -0.127. The number of benzene rings is 4. The minimum absolute atomic E-state index is 0.169. The number of hydrogen-bond acceptors (Lipinski definition) is 4. The summed E-state index contributed by atoms with van der Waals surface area (Å²) >= 11 is 0. The van der Waals surface area contributed by atoms with E-state index < -0.39 is 11.9 Å². The molecule has 37 heavy (non-hydrogen) atoms. The first kappa shape index (κ1) is 25.5. The Balaban J connectivity index is 1.48. The van der Waals surface area contributed by atoms with Gasteiger partial charge < -0.3 is 20.5 Å². The maximum atomic E-state index is 12.6. The number of carbonyl (C=O) groups excluding carboxylic acids is 2. The van der Waals surface area contributed by atoms with Gasteiger partial charge in [0, 0.05) is 6.42 Å². The molecule has 0 fully saturated rings. The van der Waals surface area contributed by atoms with Gasteiger partial charge in [0.2, 0.25) is 11.8 Å². The molecule has 0 aliphatic heterocycles. The maximum Gasteiger partial charge on any atom is 0.240 e. The Morgan fingerprint density at radius 3 is 1.70 bits per heavy atom. The topological polar surface area (TPSA) is 90.7 Å². The van der Waals surface area contributed by atoms with E-state index in [0.717, 1.165) is 22.3 Å². The van der Waals surface area contributed by atoms with Gasteiger partial charge in [-0.3, -0.25) is 9.59 Å². The lowest BCUT2D eigenvalue weighted by Crippen LogP contribution is -2.46. The van der Waals surface area contributed by atoms with E-state index >= 15 is 0 Å². The summed E-state index contributed by atoms with van der Waals surface area (Å²) in [5.41, 5.74) is 9.34. The third-order valence-corrected chi connectivity index (χ3v) is 5.81. The highest BCUT2D eigenvalue weighted by molar-refractivity contribution is 5.87. The normalized spacial score (nSPS) is 11.4. The van der Waals surface area contributed by atoms with Crippen molar-refractivity contribution in [2.75, 3.05) is 0 Å². The van der Waals surface area contributed by atoms with Crippen molar-refractivity contribution in [3.63, 3.8) is 0 Å². The predicted molar refractivity (Wildman–Crippen MR) is 143 cm³/mol. The number of primary amides is 1. The van der Waals surface area contributed by atoms with Gasteiger partial charge in [0.1, 0.15) is 19.3 Å². The summed E-state index contributed by atoms with van der Waals surface area (Å²) in [7, 11) is 0. The summed E-state index contributed by atoms with van der Waals surface area (Å²) in [4.78, 5) is 24.7. The molecule has 1 atom stereocenters. The first-order valence-electron chi connectivity index (χ1n) is 12.2. The van der Waals surface area contributed by atoms with Gasteiger partial charge in [0.25, 0.3) is 0 Å². The molecule has 0 radical (unpaired) electrons. The summed E-state index contributed by atoms with van der Waals surface area (Å²) < 4.78 is 12.2. The fraction of sp³-hybridized carbons (Fsp3) is 0.161. The summed E-state index contributed by atoms with van der Waals surface area (Å²) in [6.07, 6.45) is 0.402. The fourth-order valence-corrected chi connectivity index (χ4v) is 3.87. The number of nitrogens with two attached hydrogens (primary N) is 1. The zero-order chi connectivity index (χ0) is 25.9. The largest absolute Gasteiger partial charge is 0.485 e. The first-order valence-corrected chi connectivity index (χ1v) is 12.2. The highest BCUT2D eigenvalue weighted by Gasteiger charge is 2.20. The first-order chi connectivity index (χ1) is 18.1. The van der Waals surface area contributed by atoms with E-state index in [0.29, 0.717) is 24.7 Å². The molecule has 0 saturated carbocycles. The third kappa shape index (κ3) is 7.97. The van der Waals surface area contributed by atoms with E-state index in [1.807, 2.05) is 109 Å². The molecule has 0 bridgehead atoms. The Morgan fingerprint density at radius 2 is 1.16 bits per heavy atom. The Kier molecular flexibility index (Phi) is 8.92. The van der Waals surface area contributed by atoms with Gasteiger partial charge in [-0.2, -0.15) is 0 Å². The maximum absolute atomic E-state index is 12.6. The van der Waals surface area contributed by atoms with E-state index in [1.165, 1.54) is 0 Å². The van der Waals surface area contributed by atoms with Crippen LogP contribution in [0.15, 0.2) is 109 Å². The molecule has 0 aliphatic carbocycles. The van der Waals surface area contributed by atoms with Crippen LogP contribution in [-0.2, 0) is 35.6 Å². The van der Waals surface area contributed by atoms with Crippen LogP contribution in [-0.4, -0.2) is 17.9 Å². The monoisotopic (exact) mass is 494 g/mol. The number of ether oxygens (including phenoxy) is 2. The van der Waals surface area contributed by atoms with E-state index in [-0.39, 0.29) is 18.7 Å². The Labute approximate surface area is 217 Å². The minimum atomic E-state index is -0.853. The molecular formula is C31H30N2O4. The van der Waals surface area contributed by atoms with Gasteiger partial charge in [-0.1, -0.05) is 97.1 Å². The quantitative estimate of drug-likeness (QED) is 0.301. The van der Waals surface area contributed by atoms with Crippen molar-refractivity contribution in [2.45, 2.75) is 32.1 Å². The van der Waals surface area contributed by atoms with Crippen LogP contribution in [0.1, 0.15) is 22.3 Å². The van der Waals surface area contributed by atoms with Crippen molar-refractivity contribution >= 4 is 11.8 Å². The SMILES string of the molecule is NC(=O)[C@H](Cc1ccc(OCc2ccccc2)c(OCc2ccccc2)c1)NC(=O)Cc1ccccc1. The number of hydrogen-bond donors (Lipinski definition) is 2. The zero-order valence-electron chi connectivity index (χ0n) is 20.5. The molecule has 2 amide bonds. The van der Waals surface area contributed by atoms with E-state index in [4.69, 9.17) is 15.2 Å². The van der Waals surface area contributed by atoms with Gasteiger partial charge in [0.15, 0.2) is 11.5 Å². The molecule has 4 rings (SSSR count). The number of carbonyl (C=O) groups is 2. The average Bonchev–Trinajstić information content (AvgIpc) is 2.92. The molecule has 6 heteroatoms. The van der Waals surface area contributed by atoms with Crippen LogP contribution in [0.2, 0.25) is 0 Å². The molecule has 0 unspecified atom stereocenters. The lowest BCUT2D eigenvalue weighted by atomic mass is 10.0. The smallest absolute Gasteiger partial charge is 0.240 e. The van der Waals surface area contributed by atoms with Crippen molar-refractivity contribution in [3.05, 3.63) is 131 Å². The van der Waals surface area contributed by atoms with Crippen molar-refractivity contribution in [3.8, 4) is 11.5 Å². The summed E-state index contributed by atoms with van der Waals surface area (Å²) in [6, 6.07) is 33.7. The Hall–Kier alpha value is -4.58. The highest BCUT2D eigenvalue weighted by Crippen LogP contribution is 2.30. The van der Waals surface area contributed by atoms with Crippen LogP contribution >= 0.6 is 0 Å². The molecule has 0 aromatic heterocycles. The summed E-state index contributed by atoms with van der Waals surface area (Å²) in [6.45, 7) is 0.750. The number of amides is 2. The van der Waals surface area contributed by atoms with Crippen LogP contribution < -0.4 is 20.5 Å². The second kappa shape index (κ2) is 12.9. The van der Waals surface area contributed by atoms with Crippen molar-refractivity contribution in [2.24, 2.45) is 5.73 Å². The Morgan fingerprint density at radius 1 is 0.649 bits per heavy atom. The molecule has 0 aliphatic rings. The van der Waals surface area contributed by atoms with Crippen molar-refractivity contribution in [1.82, 2.24) is 5.32 Å². The zero-order valence-corrected chi connectivity index (χ0v) is 20.5. The summed E-state index contributed by atoms with van der Waals surface area (Å²) in [5, 5.41) is 2.77. The molecule has 4 aromatic carbocycles. The Bertz CT molecular complexity index is 1290. The van der Waals surface area contributed by atoms with Gasteiger partial charge in [-0.25, -0.2) is 0 Å². The number of rotatable bonds is 12. The lowest BCUT2D eigenvalue weighted by Gasteiger charge is -2.18. The average molecular weight is 495 g/mol.